The van der Waals surface area contributed by atoms with Crippen LogP contribution in [0.15, 0.2) is 11.0 Å². The van der Waals surface area contributed by atoms with Crippen molar-refractivity contribution in [2.75, 3.05) is 0 Å². The lowest BCUT2D eigenvalue weighted by molar-refractivity contribution is 0.0855. The average Bonchev–Trinajstić information content (AvgIpc) is 2.91. The Morgan fingerprint density at radius 3 is 2.71 bits per heavy atom. The summed E-state index contributed by atoms with van der Waals surface area (Å²) in [4.78, 5) is 19.1. The van der Waals surface area contributed by atoms with Crippen molar-refractivity contribution in [2.24, 2.45) is 5.92 Å². The van der Waals surface area contributed by atoms with Gasteiger partial charge in [0.05, 0.1) is 12.2 Å². The molecule has 0 amide bonds. The maximum absolute atomic E-state index is 14.0. The highest BCUT2D eigenvalue weighted by Gasteiger charge is 2.32. The summed E-state index contributed by atoms with van der Waals surface area (Å²) in [5.41, 5.74) is -1.15. The molecule has 1 unspecified atom stereocenters. The van der Waals surface area contributed by atoms with E-state index >= 15 is 0 Å². The van der Waals surface area contributed by atoms with E-state index in [0.717, 1.165) is 0 Å². The molecule has 5 nitrogen and oxygen atoms in total. The van der Waals surface area contributed by atoms with Crippen LogP contribution in [0.2, 0.25) is 0 Å². The van der Waals surface area contributed by atoms with E-state index in [1.807, 2.05) is 0 Å². The maximum Gasteiger partial charge on any atom is 0.262 e. The highest BCUT2D eigenvalue weighted by Crippen LogP contribution is 2.37. The van der Waals surface area contributed by atoms with E-state index in [4.69, 9.17) is 0 Å². The van der Waals surface area contributed by atoms with Crippen molar-refractivity contribution in [1.29, 1.82) is 0 Å². The van der Waals surface area contributed by atoms with Gasteiger partial charge in [-0.3, -0.25) is 4.79 Å². The maximum atomic E-state index is 14.0. The predicted molar refractivity (Wildman–Crippen MR) is 84.0 cm³/mol. The molecule has 1 saturated carbocycles. The molecule has 1 N–H and O–H groups in total. The molecule has 1 fully saturated rings. The zero-order valence-corrected chi connectivity index (χ0v) is 13.7. The van der Waals surface area contributed by atoms with Gasteiger partial charge in [0.25, 0.3) is 5.56 Å². The molecule has 0 bridgehead atoms. The highest BCUT2D eigenvalue weighted by molar-refractivity contribution is 5.73. The van der Waals surface area contributed by atoms with Gasteiger partial charge in [-0.05, 0) is 32.6 Å². The van der Waals surface area contributed by atoms with Crippen LogP contribution in [-0.2, 0) is 6.42 Å². The van der Waals surface area contributed by atoms with Crippen molar-refractivity contribution in [2.45, 2.75) is 64.1 Å². The summed E-state index contributed by atoms with van der Waals surface area (Å²) in [5.74, 6) is -0.669. The van der Waals surface area contributed by atoms with Gasteiger partial charge in [-0.2, -0.15) is 5.10 Å². The Labute approximate surface area is 137 Å². The summed E-state index contributed by atoms with van der Waals surface area (Å²) in [6.45, 7) is 3.01. The van der Waals surface area contributed by atoms with E-state index in [9.17, 15) is 18.0 Å². The van der Waals surface area contributed by atoms with Crippen LogP contribution in [0.3, 0.4) is 0 Å². The Hall–Kier alpha value is -1.86. The van der Waals surface area contributed by atoms with Crippen molar-refractivity contribution < 1.29 is 13.2 Å². The summed E-state index contributed by atoms with van der Waals surface area (Å²) < 4.78 is 41.1. The smallest absolute Gasteiger partial charge is 0.262 e. The number of aromatic amines is 1. The van der Waals surface area contributed by atoms with Crippen LogP contribution in [0.1, 0.15) is 51.4 Å². The fourth-order valence-corrected chi connectivity index (χ4v) is 3.19. The Kier molecular flexibility index (Phi) is 4.40. The molecule has 2 aromatic rings. The Morgan fingerprint density at radius 2 is 2.08 bits per heavy atom. The topological polar surface area (TPSA) is 63.6 Å². The van der Waals surface area contributed by atoms with Gasteiger partial charge in [0.1, 0.15) is 16.9 Å². The Morgan fingerprint density at radius 1 is 1.42 bits per heavy atom. The van der Waals surface area contributed by atoms with E-state index in [-0.39, 0.29) is 23.8 Å². The molecule has 24 heavy (non-hydrogen) atoms. The zero-order valence-electron chi connectivity index (χ0n) is 13.7. The average molecular weight is 342 g/mol. The van der Waals surface area contributed by atoms with E-state index in [1.54, 1.807) is 11.6 Å². The molecule has 0 aromatic carbocycles. The zero-order chi connectivity index (χ0) is 17.5. The number of hydrogen-bond acceptors (Lipinski definition) is 3. The van der Waals surface area contributed by atoms with Gasteiger partial charge in [-0.15, -0.1) is 0 Å². The summed E-state index contributed by atoms with van der Waals surface area (Å²) in [5, 5.41) is 4.58. The molecule has 0 spiro atoms. The van der Waals surface area contributed by atoms with Crippen molar-refractivity contribution in [1.82, 2.24) is 19.7 Å². The van der Waals surface area contributed by atoms with Gasteiger partial charge >= 0.3 is 0 Å². The first kappa shape index (κ1) is 17.0. The van der Waals surface area contributed by atoms with Crippen LogP contribution in [0.5, 0.6) is 0 Å². The van der Waals surface area contributed by atoms with Crippen LogP contribution in [0, 0.1) is 5.92 Å². The molecule has 0 aliphatic heterocycles. The second kappa shape index (κ2) is 6.22. The van der Waals surface area contributed by atoms with Crippen LogP contribution in [0.25, 0.3) is 11.0 Å². The largest absolute Gasteiger partial charge is 0.310 e. The molecule has 3 rings (SSSR count). The number of fused-ring (bicyclic) bond motifs is 1. The summed E-state index contributed by atoms with van der Waals surface area (Å²) in [7, 11) is 0. The fraction of sp³-hybridized carbons (Fsp3) is 0.688. The minimum absolute atomic E-state index is 0.0127. The van der Waals surface area contributed by atoms with Gasteiger partial charge in [0.15, 0.2) is 5.65 Å². The number of halogens is 3. The molecule has 1 atom stereocenters. The summed E-state index contributed by atoms with van der Waals surface area (Å²) >= 11 is 0. The minimum atomic E-state index is -2.48. The van der Waals surface area contributed by atoms with E-state index in [1.165, 1.54) is 13.1 Å². The third-order valence-electron chi connectivity index (χ3n) is 4.80. The quantitative estimate of drug-likeness (QED) is 0.926. The molecule has 1 aliphatic carbocycles. The van der Waals surface area contributed by atoms with Gasteiger partial charge in [0.2, 0.25) is 6.43 Å². The minimum Gasteiger partial charge on any atom is -0.310 e. The third kappa shape index (κ3) is 3.32. The van der Waals surface area contributed by atoms with Gasteiger partial charge in [-0.1, -0.05) is 6.92 Å². The van der Waals surface area contributed by atoms with Gasteiger partial charge in [0, 0.05) is 12.3 Å². The lowest BCUT2D eigenvalue weighted by Gasteiger charge is -2.31. The fourth-order valence-electron chi connectivity index (χ4n) is 3.19. The molecule has 2 aromatic heterocycles. The lowest BCUT2D eigenvalue weighted by Crippen LogP contribution is -2.28. The second-order valence-electron chi connectivity index (χ2n) is 7.00. The molecular formula is C16H21F3N4O. The predicted octanol–water partition coefficient (Wildman–Crippen LogP) is 3.41. The normalized spacial score (nSPS) is 26.2. The first-order valence-electron chi connectivity index (χ1n) is 8.20. The number of aromatic nitrogens is 4. The van der Waals surface area contributed by atoms with Crippen LogP contribution in [-0.4, -0.2) is 31.8 Å². The number of nitrogens with zero attached hydrogens (tertiary/aromatic N) is 3. The summed E-state index contributed by atoms with van der Waals surface area (Å²) in [6.07, 6.45) is 1.03. The standard InChI is InChI=1S/C16H21F3N4O/c1-9(13(17)18)7-12-21-14-11(15(24)22-12)8-20-23(14)10-3-5-16(2,19)6-4-10/h8-10,13H,3-7H2,1-2H3,(H,21,22,24). The van der Waals surface area contributed by atoms with Crippen LogP contribution < -0.4 is 5.56 Å². The van der Waals surface area contributed by atoms with E-state index < -0.39 is 18.0 Å². The Bertz CT molecular complexity index is 773. The number of nitrogens with one attached hydrogen (secondary N) is 1. The van der Waals surface area contributed by atoms with E-state index in [2.05, 4.69) is 15.1 Å². The first-order valence-corrected chi connectivity index (χ1v) is 8.20. The van der Waals surface area contributed by atoms with Gasteiger partial charge < -0.3 is 4.98 Å². The SMILES string of the molecule is CC(Cc1nc2c(cnn2C2CCC(C)(F)CC2)c(=O)[nH]1)C(F)F. The molecule has 2 heterocycles. The van der Waals surface area contributed by atoms with Crippen molar-refractivity contribution in [3.63, 3.8) is 0 Å². The molecule has 0 radical (unpaired) electrons. The second-order valence-corrected chi connectivity index (χ2v) is 7.00. The van der Waals surface area contributed by atoms with Crippen molar-refractivity contribution in [3.8, 4) is 0 Å². The Balaban J connectivity index is 1.93. The van der Waals surface area contributed by atoms with Gasteiger partial charge in [-0.25, -0.2) is 22.8 Å². The molecular weight excluding hydrogens is 321 g/mol. The first-order chi connectivity index (χ1) is 11.3. The van der Waals surface area contributed by atoms with Crippen molar-refractivity contribution >= 4 is 11.0 Å². The molecule has 0 saturated heterocycles. The third-order valence-corrected chi connectivity index (χ3v) is 4.80. The summed E-state index contributed by atoms with van der Waals surface area (Å²) in [6, 6.07) is -0.0269. The highest BCUT2D eigenvalue weighted by atomic mass is 19.3. The van der Waals surface area contributed by atoms with Crippen molar-refractivity contribution in [3.05, 3.63) is 22.4 Å². The van der Waals surface area contributed by atoms with Crippen LogP contribution >= 0.6 is 0 Å². The molecule has 1 aliphatic rings. The number of hydrogen-bond donors (Lipinski definition) is 1. The monoisotopic (exact) mass is 342 g/mol. The number of H-pyrrole nitrogens is 1. The molecule has 132 valence electrons. The van der Waals surface area contributed by atoms with E-state index in [0.29, 0.717) is 36.7 Å². The molecule has 8 heteroatoms. The van der Waals surface area contributed by atoms with Crippen LogP contribution in [0.4, 0.5) is 13.2 Å². The number of rotatable bonds is 4. The number of alkyl halides is 3. The lowest BCUT2D eigenvalue weighted by atomic mass is 9.85.